The first-order valence-corrected chi connectivity index (χ1v) is 12.7. The van der Waals surface area contributed by atoms with Crippen LogP contribution in [0.4, 0.5) is 0 Å². The van der Waals surface area contributed by atoms with Crippen LogP contribution in [0.5, 0.6) is 11.5 Å². The molecule has 2 bridgehead atoms. The number of methoxy groups -OCH3 is 1. The van der Waals surface area contributed by atoms with E-state index in [0.717, 1.165) is 37.0 Å². The number of fused-ring (bicyclic) bond motifs is 1. The van der Waals surface area contributed by atoms with Crippen molar-refractivity contribution in [2.24, 2.45) is 28.8 Å². The lowest BCUT2D eigenvalue weighted by molar-refractivity contribution is -0.140. The smallest absolute Gasteiger partial charge is 0.254 e. The maximum absolute atomic E-state index is 13.0. The topological polar surface area (TPSA) is 68.2 Å². The molecule has 1 saturated heterocycles. The summed E-state index contributed by atoms with van der Waals surface area (Å²) in [5, 5.41) is 5.38. The molecule has 8 heteroatoms. The van der Waals surface area contributed by atoms with Crippen LogP contribution in [0.15, 0.2) is 58.1 Å². The molecule has 0 radical (unpaired) electrons. The fourth-order valence-electron chi connectivity index (χ4n) is 4.99. The van der Waals surface area contributed by atoms with Crippen molar-refractivity contribution in [1.29, 1.82) is 0 Å². The highest BCUT2D eigenvalue weighted by Crippen LogP contribution is 2.49. The molecule has 2 fully saturated rings. The van der Waals surface area contributed by atoms with Crippen molar-refractivity contribution >= 4 is 56.5 Å². The molecule has 2 amide bonds. The van der Waals surface area contributed by atoms with Crippen molar-refractivity contribution in [2.75, 3.05) is 7.11 Å². The molecule has 0 N–H and O–H groups in total. The van der Waals surface area contributed by atoms with E-state index in [-0.39, 0.29) is 35.5 Å². The largest absolute Gasteiger partial charge is 0.493 e. The minimum atomic E-state index is -0.262. The van der Waals surface area contributed by atoms with Crippen LogP contribution in [-0.2, 0) is 16.2 Å². The number of nitrogens with zero attached hydrogens (tertiary/aromatic N) is 2. The predicted octanol–water partition coefficient (Wildman–Crippen LogP) is 5.17. The fourth-order valence-corrected chi connectivity index (χ4v) is 6.03. The quantitative estimate of drug-likeness (QED) is 0.193. The molecule has 1 saturated carbocycles. The van der Waals surface area contributed by atoms with Gasteiger partial charge in [0.1, 0.15) is 6.61 Å². The number of imide groups is 1. The molecule has 3 aliphatic carbocycles. The van der Waals surface area contributed by atoms with E-state index >= 15 is 0 Å². The minimum absolute atomic E-state index is 0.153. The van der Waals surface area contributed by atoms with Gasteiger partial charge in [-0.25, -0.2) is 0 Å². The zero-order chi connectivity index (χ0) is 23.1. The number of carbonyl (C=O) groups excluding carboxylic acids is 2. The molecule has 1 heterocycles. The van der Waals surface area contributed by atoms with Crippen LogP contribution in [0.25, 0.3) is 0 Å². The van der Waals surface area contributed by atoms with Gasteiger partial charge in [0.25, 0.3) is 11.8 Å². The van der Waals surface area contributed by atoms with E-state index in [2.05, 4.69) is 55.8 Å². The van der Waals surface area contributed by atoms with Gasteiger partial charge in [0.05, 0.1) is 28.7 Å². The van der Waals surface area contributed by atoms with E-state index in [9.17, 15) is 9.59 Å². The molecule has 6 nitrogen and oxygen atoms in total. The number of hydrogen-bond acceptors (Lipinski definition) is 5. The number of benzene rings is 2. The van der Waals surface area contributed by atoms with Crippen LogP contribution in [0.3, 0.4) is 0 Å². The molecule has 0 spiro atoms. The molecule has 0 aromatic heterocycles. The monoisotopic (exact) mass is 620 g/mol. The second-order valence-electron chi connectivity index (χ2n) is 8.52. The Labute approximate surface area is 214 Å². The normalized spacial score (nSPS) is 25.7. The van der Waals surface area contributed by atoms with Gasteiger partial charge in [0, 0.05) is 4.47 Å². The third kappa shape index (κ3) is 4.23. The van der Waals surface area contributed by atoms with E-state index in [1.807, 2.05) is 30.3 Å². The van der Waals surface area contributed by atoms with E-state index in [0.29, 0.717) is 18.1 Å². The Morgan fingerprint density at radius 1 is 1.09 bits per heavy atom. The Kier molecular flexibility index (Phi) is 6.30. The molecule has 2 aromatic rings. The van der Waals surface area contributed by atoms with Crippen molar-refractivity contribution in [3.8, 4) is 11.5 Å². The van der Waals surface area contributed by atoms with Gasteiger partial charge in [0.15, 0.2) is 11.5 Å². The summed E-state index contributed by atoms with van der Waals surface area (Å²) in [4.78, 5) is 25.9. The lowest BCUT2D eigenvalue weighted by Gasteiger charge is -2.37. The van der Waals surface area contributed by atoms with Gasteiger partial charge in [-0.1, -0.05) is 40.2 Å². The molecular weight excluding hydrogens is 599 g/mol. The highest BCUT2D eigenvalue weighted by molar-refractivity contribution is 14.1. The van der Waals surface area contributed by atoms with E-state index < -0.39 is 0 Å². The van der Waals surface area contributed by atoms with Crippen LogP contribution in [0.2, 0.25) is 0 Å². The molecular formula is C25H22BrIN2O4. The highest BCUT2D eigenvalue weighted by Gasteiger charge is 2.56. The zero-order valence-electron chi connectivity index (χ0n) is 17.9. The maximum Gasteiger partial charge on any atom is 0.254 e. The lowest BCUT2D eigenvalue weighted by atomic mass is 9.63. The van der Waals surface area contributed by atoms with E-state index in [4.69, 9.17) is 9.47 Å². The number of rotatable bonds is 6. The Hall–Kier alpha value is -2.20. The first kappa shape index (κ1) is 22.6. The molecule has 4 atom stereocenters. The molecule has 1 aliphatic heterocycles. The van der Waals surface area contributed by atoms with Gasteiger partial charge in [-0.05, 0) is 82.7 Å². The van der Waals surface area contributed by atoms with Gasteiger partial charge in [0.2, 0.25) is 0 Å². The third-order valence-electron chi connectivity index (χ3n) is 6.61. The van der Waals surface area contributed by atoms with Crippen LogP contribution >= 0.6 is 38.5 Å². The number of allylic oxidation sites excluding steroid dienone is 2. The van der Waals surface area contributed by atoms with Crippen LogP contribution in [0, 0.1) is 27.2 Å². The number of amides is 2. The number of hydrazone groups is 1. The second-order valence-corrected chi connectivity index (χ2v) is 10.6. The summed E-state index contributed by atoms with van der Waals surface area (Å²) in [6.07, 6.45) is 7.69. The van der Waals surface area contributed by atoms with E-state index in [1.54, 1.807) is 19.4 Å². The van der Waals surface area contributed by atoms with Gasteiger partial charge in [-0.15, -0.1) is 0 Å². The molecule has 2 aromatic carbocycles. The minimum Gasteiger partial charge on any atom is -0.493 e. The summed E-state index contributed by atoms with van der Waals surface area (Å²) in [6.45, 7) is 0.406. The molecule has 0 unspecified atom stereocenters. The molecule has 6 rings (SSSR count). The summed E-state index contributed by atoms with van der Waals surface area (Å²) in [5.41, 5.74) is 1.77. The van der Waals surface area contributed by atoms with Crippen molar-refractivity contribution in [2.45, 2.75) is 19.4 Å². The number of halogens is 2. The molecule has 170 valence electrons. The zero-order valence-corrected chi connectivity index (χ0v) is 21.7. The summed E-state index contributed by atoms with van der Waals surface area (Å²) < 4.78 is 13.4. The second kappa shape index (κ2) is 9.21. The van der Waals surface area contributed by atoms with Crippen LogP contribution in [0.1, 0.15) is 24.0 Å². The summed E-state index contributed by atoms with van der Waals surface area (Å²) in [5.74, 6) is 0.619. The van der Waals surface area contributed by atoms with Crippen molar-refractivity contribution in [3.05, 3.63) is 67.7 Å². The Balaban J connectivity index is 1.34. The summed E-state index contributed by atoms with van der Waals surface area (Å²) >= 11 is 5.62. The van der Waals surface area contributed by atoms with Gasteiger partial charge < -0.3 is 9.47 Å². The van der Waals surface area contributed by atoms with Crippen molar-refractivity contribution in [3.63, 3.8) is 0 Å². The average molecular weight is 621 g/mol. The Morgan fingerprint density at radius 2 is 1.73 bits per heavy atom. The fraction of sp³-hybridized carbons (Fsp3) is 0.320. The third-order valence-corrected chi connectivity index (χ3v) is 7.94. The van der Waals surface area contributed by atoms with Gasteiger partial charge in [-0.3, -0.25) is 9.59 Å². The molecule has 4 aliphatic rings. The van der Waals surface area contributed by atoms with Crippen LogP contribution in [-0.4, -0.2) is 30.1 Å². The number of carbonyl (C=O) groups is 2. The van der Waals surface area contributed by atoms with Crippen molar-refractivity contribution < 1.29 is 19.1 Å². The summed E-state index contributed by atoms with van der Waals surface area (Å²) in [6, 6.07) is 11.6. The van der Waals surface area contributed by atoms with Crippen molar-refractivity contribution in [1.82, 2.24) is 5.01 Å². The Bertz CT molecular complexity index is 1130. The van der Waals surface area contributed by atoms with Crippen LogP contribution < -0.4 is 9.47 Å². The van der Waals surface area contributed by atoms with E-state index in [1.165, 1.54) is 0 Å². The average Bonchev–Trinajstić information content (AvgIpc) is 3.10. The number of hydrogen-bond donors (Lipinski definition) is 0. The molecule has 33 heavy (non-hydrogen) atoms. The van der Waals surface area contributed by atoms with Gasteiger partial charge >= 0.3 is 0 Å². The SMILES string of the molecule is COc1cc(/C=N\N2C(=O)[C@@H]3[C@H](C2=O)[C@H]2C=C[C@H]3CC2)cc(I)c1OCc1ccc(Br)cc1. The Morgan fingerprint density at radius 3 is 2.30 bits per heavy atom. The van der Waals surface area contributed by atoms with Gasteiger partial charge in [-0.2, -0.15) is 10.1 Å². The standard InChI is InChI=1S/C25H22BrIN2O4/c1-32-20-11-15(10-19(27)23(20)33-13-14-2-8-18(26)9-3-14)12-28-29-24(30)21-16-4-5-17(7-6-16)22(21)25(29)31/h2-5,8-12,16-17,21-22H,6-7,13H2,1H3/b28-12-/t16-,17-,21-,22+/m0/s1. The maximum atomic E-state index is 13.0. The first-order chi connectivity index (χ1) is 16.0. The number of ether oxygens (including phenoxy) is 2. The highest BCUT2D eigenvalue weighted by atomic mass is 127. The lowest BCUT2D eigenvalue weighted by Crippen LogP contribution is -2.38. The first-order valence-electron chi connectivity index (χ1n) is 10.8. The predicted molar refractivity (Wildman–Crippen MR) is 136 cm³/mol. The summed E-state index contributed by atoms with van der Waals surface area (Å²) in [7, 11) is 1.58.